The fourth-order valence-electron chi connectivity index (χ4n) is 5.67. The molecule has 0 radical (unpaired) electrons. The van der Waals surface area contributed by atoms with Gasteiger partial charge in [0.15, 0.2) is 23.1 Å². The van der Waals surface area contributed by atoms with Crippen LogP contribution < -0.4 is 9.47 Å². The van der Waals surface area contributed by atoms with E-state index < -0.39 is 5.92 Å². The summed E-state index contributed by atoms with van der Waals surface area (Å²) < 4.78 is 12.3. The Morgan fingerprint density at radius 3 is 2.22 bits per heavy atom. The maximum Gasteiger partial charge on any atom is 0.175 e. The van der Waals surface area contributed by atoms with E-state index in [0.29, 0.717) is 30.9 Å². The molecule has 0 saturated carbocycles. The molecule has 5 rings (SSSR count). The van der Waals surface area contributed by atoms with Crippen LogP contribution in [0.4, 0.5) is 0 Å². The van der Waals surface area contributed by atoms with Crippen LogP contribution in [0.2, 0.25) is 0 Å². The Labute approximate surface area is 225 Å². The van der Waals surface area contributed by atoms with Crippen LogP contribution in [0.25, 0.3) is 0 Å². The number of terminal acetylenes is 1. The fraction of sp³-hybridized carbons (Fsp3) is 0.333. The number of hydrogen-bond donors (Lipinski definition) is 0. The zero-order valence-corrected chi connectivity index (χ0v) is 22.5. The number of nitrogens with zero attached hydrogens (tertiary/aromatic N) is 1. The summed E-state index contributed by atoms with van der Waals surface area (Å²) in [6, 6.07) is 14.2. The standard InChI is InChI=1S/C30H28INO4/c1-3-15-36-30-21(31)16-20(17-26(30)35-2)27-28-22(11-7-13-24(28)33)32(18-19-9-5-4-6-10-19)23-12-8-14-25(34)29(23)27/h1,4-6,9-10,16-17,27H,7-8,11-15,18H2,2H3. The quantitative estimate of drug-likeness (QED) is 0.307. The number of rotatable bonds is 6. The number of carbonyl (C=O) groups is 2. The third kappa shape index (κ3) is 4.45. The van der Waals surface area contributed by atoms with Gasteiger partial charge in [0, 0.05) is 47.8 Å². The zero-order chi connectivity index (χ0) is 25.2. The van der Waals surface area contributed by atoms with E-state index in [1.807, 2.05) is 30.3 Å². The first-order chi connectivity index (χ1) is 17.5. The first kappa shape index (κ1) is 24.6. The molecule has 0 bridgehead atoms. The number of Topliss-reactive ketones (excluding diaryl/α,β-unsaturated/α-hetero) is 2. The molecule has 2 aliphatic carbocycles. The predicted molar refractivity (Wildman–Crippen MR) is 147 cm³/mol. The van der Waals surface area contributed by atoms with E-state index in [1.165, 1.54) is 0 Å². The lowest BCUT2D eigenvalue weighted by Crippen LogP contribution is -2.38. The van der Waals surface area contributed by atoms with Gasteiger partial charge < -0.3 is 14.4 Å². The lowest BCUT2D eigenvalue weighted by atomic mass is 9.71. The summed E-state index contributed by atoms with van der Waals surface area (Å²) in [4.78, 5) is 29.4. The van der Waals surface area contributed by atoms with Crippen LogP contribution in [0.15, 0.2) is 65.0 Å². The first-order valence-electron chi connectivity index (χ1n) is 12.3. The zero-order valence-electron chi connectivity index (χ0n) is 20.3. The molecule has 2 aromatic carbocycles. The summed E-state index contributed by atoms with van der Waals surface area (Å²) in [5, 5.41) is 0. The Balaban J connectivity index is 1.69. The van der Waals surface area contributed by atoms with E-state index in [-0.39, 0.29) is 18.2 Å². The van der Waals surface area contributed by atoms with Crippen molar-refractivity contribution in [3.63, 3.8) is 0 Å². The molecule has 3 aliphatic rings. The molecule has 0 unspecified atom stereocenters. The van der Waals surface area contributed by atoms with E-state index in [0.717, 1.165) is 62.9 Å². The van der Waals surface area contributed by atoms with Crippen LogP contribution in [-0.4, -0.2) is 30.2 Å². The predicted octanol–water partition coefficient (Wildman–Crippen LogP) is 5.93. The minimum absolute atomic E-state index is 0.130. The van der Waals surface area contributed by atoms with Crippen molar-refractivity contribution in [1.29, 1.82) is 0 Å². The van der Waals surface area contributed by atoms with Gasteiger partial charge in [0.05, 0.1) is 10.7 Å². The normalized spacial score (nSPS) is 18.1. The van der Waals surface area contributed by atoms with E-state index in [1.54, 1.807) is 7.11 Å². The summed E-state index contributed by atoms with van der Waals surface area (Å²) in [5.41, 5.74) is 5.71. The summed E-state index contributed by atoms with van der Waals surface area (Å²) in [6.07, 6.45) is 9.71. The van der Waals surface area contributed by atoms with Crippen LogP contribution >= 0.6 is 22.6 Å². The molecule has 0 aromatic heterocycles. The number of hydrogen-bond acceptors (Lipinski definition) is 5. The van der Waals surface area contributed by atoms with Crippen molar-refractivity contribution in [1.82, 2.24) is 4.90 Å². The van der Waals surface area contributed by atoms with E-state index in [4.69, 9.17) is 15.9 Å². The van der Waals surface area contributed by atoms with Crippen LogP contribution in [0.3, 0.4) is 0 Å². The summed E-state index contributed by atoms with van der Waals surface area (Å²) in [7, 11) is 1.59. The van der Waals surface area contributed by atoms with E-state index >= 15 is 0 Å². The fourth-order valence-corrected chi connectivity index (χ4v) is 6.45. The summed E-state index contributed by atoms with van der Waals surface area (Å²) in [5.74, 6) is 3.49. The number of benzene rings is 2. The monoisotopic (exact) mass is 593 g/mol. The van der Waals surface area contributed by atoms with Crippen molar-refractivity contribution < 1.29 is 19.1 Å². The van der Waals surface area contributed by atoms with Gasteiger partial charge in [0.25, 0.3) is 0 Å². The van der Waals surface area contributed by atoms with Crippen molar-refractivity contribution in [2.45, 2.75) is 51.0 Å². The lowest BCUT2D eigenvalue weighted by Gasteiger charge is -2.44. The van der Waals surface area contributed by atoms with Gasteiger partial charge in [-0.2, -0.15) is 0 Å². The lowest BCUT2D eigenvalue weighted by molar-refractivity contribution is -0.117. The van der Waals surface area contributed by atoms with Gasteiger partial charge in [-0.15, -0.1) is 6.42 Å². The molecule has 0 N–H and O–H groups in total. The molecule has 6 heteroatoms. The molecule has 5 nitrogen and oxygen atoms in total. The largest absolute Gasteiger partial charge is 0.493 e. The van der Waals surface area contributed by atoms with Crippen molar-refractivity contribution >= 4 is 34.2 Å². The Bertz CT molecular complexity index is 1270. The summed E-state index contributed by atoms with van der Waals surface area (Å²) in [6.45, 7) is 0.788. The Morgan fingerprint density at radius 2 is 1.64 bits per heavy atom. The molecule has 184 valence electrons. The molecule has 0 fully saturated rings. The average Bonchev–Trinajstić information content (AvgIpc) is 2.89. The summed E-state index contributed by atoms with van der Waals surface area (Å²) >= 11 is 2.21. The van der Waals surface area contributed by atoms with Crippen molar-refractivity contribution in [3.05, 3.63) is 79.7 Å². The SMILES string of the molecule is C#CCOc1c(I)cc(C2C3=C(CCCC3=O)N(Cc3ccccc3)C3=C2C(=O)CCC3)cc1OC. The van der Waals surface area contributed by atoms with Gasteiger partial charge in [0.2, 0.25) is 0 Å². The molecule has 36 heavy (non-hydrogen) atoms. The second-order valence-electron chi connectivity index (χ2n) is 9.31. The maximum absolute atomic E-state index is 13.5. The number of allylic oxidation sites excluding steroid dienone is 4. The highest BCUT2D eigenvalue weighted by Crippen LogP contribution is 2.51. The Hall–Kier alpha value is -3.05. The van der Waals surface area contributed by atoms with Crippen LogP contribution in [0, 0.1) is 15.9 Å². The number of ketones is 2. The van der Waals surface area contributed by atoms with Gasteiger partial charge in [-0.25, -0.2) is 0 Å². The minimum atomic E-state index is -0.397. The third-order valence-electron chi connectivity index (χ3n) is 7.15. The highest BCUT2D eigenvalue weighted by molar-refractivity contribution is 14.1. The molecule has 1 aliphatic heterocycles. The molecule has 0 spiro atoms. The van der Waals surface area contributed by atoms with Crippen LogP contribution in [0.1, 0.15) is 55.6 Å². The number of halogens is 1. The van der Waals surface area contributed by atoms with Gasteiger partial charge in [0.1, 0.15) is 6.61 Å². The van der Waals surface area contributed by atoms with Crippen molar-refractivity contribution in [2.24, 2.45) is 0 Å². The van der Waals surface area contributed by atoms with Crippen molar-refractivity contribution in [3.8, 4) is 23.8 Å². The van der Waals surface area contributed by atoms with Crippen LogP contribution in [0.5, 0.6) is 11.5 Å². The molecule has 2 aromatic rings. The Kier molecular flexibility index (Phi) is 7.20. The van der Waals surface area contributed by atoms with E-state index in [9.17, 15) is 9.59 Å². The van der Waals surface area contributed by atoms with Crippen molar-refractivity contribution in [2.75, 3.05) is 13.7 Å². The molecule has 0 saturated heterocycles. The second-order valence-corrected chi connectivity index (χ2v) is 10.5. The average molecular weight is 593 g/mol. The molecule has 0 amide bonds. The number of methoxy groups -OCH3 is 1. The second kappa shape index (κ2) is 10.5. The first-order valence-corrected chi connectivity index (χ1v) is 13.4. The molecule has 0 atom stereocenters. The molecular weight excluding hydrogens is 565 g/mol. The minimum Gasteiger partial charge on any atom is -0.493 e. The topological polar surface area (TPSA) is 55.8 Å². The maximum atomic E-state index is 13.5. The highest BCUT2D eigenvalue weighted by Gasteiger charge is 2.43. The Morgan fingerprint density at radius 1 is 1.00 bits per heavy atom. The molecule has 1 heterocycles. The highest BCUT2D eigenvalue weighted by atomic mass is 127. The number of carbonyl (C=O) groups excluding carboxylic acids is 2. The molecular formula is C30H28INO4. The van der Waals surface area contributed by atoms with Crippen LogP contribution in [-0.2, 0) is 16.1 Å². The van der Waals surface area contributed by atoms with E-state index in [2.05, 4.69) is 45.5 Å². The van der Waals surface area contributed by atoms with Gasteiger partial charge in [-0.3, -0.25) is 9.59 Å². The smallest absolute Gasteiger partial charge is 0.175 e. The number of ether oxygens (including phenoxy) is 2. The van der Waals surface area contributed by atoms with Gasteiger partial charge in [-0.05, 0) is 71.5 Å². The van der Waals surface area contributed by atoms with Gasteiger partial charge in [-0.1, -0.05) is 36.3 Å². The third-order valence-corrected chi connectivity index (χ3v) is 7.96. The van der Waals surface area contributed by atoms with Gasteiger partial charge >= 0.3 is 0 Å².